The van der Waals surface area contributed by atoms with Crippen LogP contribution in [0.1, 0.15) is 31.1 Å². The van der Waals surface area contributed by atoms with Crippen LogP contribution >= 0.6 is 27.7 Å². The van der Waals surface area contributed by atoms with Gasteiger partial charge in [0.2, 0.25) is 0 Å². The van der Waals surface area contributed by atoms with Crippen molar-refractivity contribution in [1.82, 2.24) is 4.03 Å². The second kappa shape index (κ2) is 5.15. The van der Waals surface area contributed by atoms with Crippen LogP contribution in [0.4, 0.5) is 5.69 Å². The molecule has 0 saturated carbocycles. The van der Waals surface area contributed by atoms with E-state index in [0.717, 1.165) is 11.4 Å². The number of carbonyl (C=O) groups is 1. The zero-order chi connectivity index (χ0) is 14.3. The van der Waals surface area contributed by atoms with Crippen molar-refractivity contribution in [3.8, 4) is 0 Å². The number of allylic oxidation sites excluding steroid dienone is 1. The third-order valence-electron chi connectivity index (χ3n) is 3.45. The Morgan fingerprint density at radius 2 is 2.05 bits per heavy atom. The largest absolute Gasteiger partial charge is 0.478 e. The van der Waals surface area contributed by atoms with Crippen molar-refractivity contribution in [2.45, 2.75) is 26.8 Å². The van der Waals surface area contributed by atoms with Gasteiger partial charge < -0.3 is 5.11 Å². The summed E-state index contributed by atoms with van der Waals surface area (Å²) in [4.78, 5) is 11.1. The summed E-state index contributed by atoms with van der Waals surface area (Å²) in [6.07, 6.45) is 0. The molecule has 0 saturated heterocycles. The Labute approximate surface area is 125 Å². The molecule has 1 heterocycles. The Morgan fingerprint density at radius 1 is 1.42 bits per heavy atom. The van der Waals surface area contributed by atoms with Crippen LogP contribution in [0.25, 0.3) is 0 Å². The molecule has 6 heteroatoms. The first-order valence-electron chi connectivity index (χ1n) is 5.80. The summed E-state index contributed by atoms with van der Waals surface area (Å²) in [7, 11) is 0. The Hall–Kier alpha value is -1.04. The van der Waals surface area contributed by atoms with Crippen LogP contribution in [-0.2, 0) is 0 Å². The Kier molecular flexibility index (Phi) is 3.90. The number of benzene rings is 1. The van der Waals surface area contributed by atoms with Crippen LogP contribution < -0.4 is 5.01 Å². The minimum atomic E-state index is -1.03. The highest BCUT2D eigenvalue weighted by atomic mass is 79.9. The molecule has 0 spiro atoms. The molecule has 0 aliphatic carbocycles. The maximum absolute atomic E-state index is 11.1. The second-order valence-corrected chi connectivity index (χ2v) is 5.65. The molecule has 1 aromatic rings. The molecule has 0 radical (unpaired) electrons. The van der Waals surface area contributed by atoms with E-state index in [-0.39, 0.29) is 16.6 Å². The van der Waals surface area contributed by atoms with Gasteiger partial charge in [0.15, 0.2) is 0 Å². The number of hydrogen-bond donors (Lipinski definition) is 1. The predicted octanol–water partition coefficient (Wildman–Crippen LogP) is 4.07. The second-order valence-electron chi connectivity index (χ2n) is 4.51. The zero-order valence-corrected chi connectivity index (χ0v) is 13.2. The fourth-order valence-electron chi connectivity index (χ4n) is 2.06. The monoisotopic (exact) mass is 344 g/mol. The van der Waals surface area contributed by atoms with Crippen LogP contribution in [0, 0.1) is 0 Å². The number of rotatable bonds is 2. The van der Waals surface area contributed by atoms with Gasteiger partial charge in [0.05, 0.1) is 22.3 Å². The van der Waals surface area contributed by atoms with Crippen molar-refractivity contribution in [2.24, 2.45) is 0 Å². The lowest BCUT2D eigenvalue weighted by atomic mass is 10.1. The third-order valence-corrected chi connectivity index (χ3v) is 4.71. The summed E-state index contributed by atoms with van der Waals surface area (Å²) < 4.78 is 1.90. The number of carboxylic acid groups (broad SMARTS) is 1. The van der Waals surface area contributed by atoms with Gasteiger partial charge in [0.1, 0.15) is 0 Å². The number of anilines is 1. The van der Waals surface area contributed by atoms with Crippen molar-refractivity contribution in [3.05, 3.63) is 40.1 Å². The SMILES string of the molecule is CC1=C(C)N(c2ccc(Cl)c(C(=O)O)c2)N(Br)C1C. The molecule has 0 fully saturated rings. The molecular formula is C13H14BrClN2O2. The zero-order valence-electron chi connectivity index (χ0n) is 10.8. The Morgan fingerprint density at radius 3 is 2.53 bits per heavy atom. The number of nitrogens with zero attached hydrogens (tertiary/aromatic N) is 2. The lowest BCUT2D eigenvalue weighted by molar-refractivity contribution is 0.0697. The first-order chi connectivity index (χ1) is 8.84. The molecule has 102 valence electrons. The van der Waals surface area contributed by atoms with Crippen molar-refractivity contribution in [1.29, 1.82) is 0 Å². The van der Waals surface area contributed by atoms with E-state index in [1.807, 2.05) is 16.0 Å². The number of aromatic carboxylic acids is 1. The fourth-order valence-corrected chi connectivity index (χ4v) is 2.99. The van der Waals surface area contributed by atoms with E-state index in [2.05, 4.69) is 30.0 Å². The van der Waals surface area contributed by atoms with Crippen molar-refractivity contribution >= 4 is 39.4 Å². The quantitative estimate of drug-likeness (QED) is 0.821. The summed E-state index contributed by atoms with van der Waals surface area (Å²) in [6, 6.07) is 5.20. The van der Waals surface area contributed by atoms with E-state index in [9.17, 15) is 4.79 Å². The van der Waals surface area contributed by atoms with E-state index in [0.29, 0.717) is 0 Å². The summed E-state index contributed by atoms with van der Waals surface area (Å²) in [5, 5.41) is 11.3. The highest BCUT2D eigenvalue weighted by Crippen LogP contribution is 2.37. The molecular weight excluding hydrogens is 332 g/mol. The maximum Gasteiger partial charge on any atom is 0.337 e. The summed E-state index contributed by atoms with van der Waals surface area (Å²) in [6.45, 7) is 6.13. The van der Waals surface area contributed by atoms with Crippen LogP contribution in [0.5, 0.6) is 0 Å². The molecule has 19 heavy (non-hydrogen) atoms. The standard InChI is InChI=1S/C13H14BrClN2O2/c1-7-8(2)16(17(14)9(7)3)10-4-5-12(15)11(6-10)13(18)19/h4-6,9H,1-3H3,(H,18,19). The summed E-state index contributed by atoms with van der Waals surface area (Å²) in [5.41, 5.74) is 3.16. The molecule has 1 atom stereocenters. The third kappa shape index (κ3) is 2.38. The van der Waals surface area contributed by atoms with Gasteiger partial charge in [-0.05, 0) is 44.5 Å². The molecule has 1 unspecified atom stereocenters. The molecule has 1 N–H and O–H groups in total. The van der Waals surface area contributed by atoms with Crippen LogP contribution in [0.2, 0.25) is 5.02 Å². The molecule has 1 aliphatic heterocycles. The summed E-state index contributed by atoms with van der Waals surface area (Å²) in [5.74, 6) is -1.03. The van der Waals surface area contributed by atoms with Crippen LogP contribution in [0.15, 0.2) is 29.5 Å². The van der Waals surface area contributed by atoms with Gasteiger partial charge in [0, 0.05) is 21.8 Å². The van der Waals surface area contributed by atoms with Crippen molar-refractivity contribution < 1.29 is 9.90 Å². The van der Waals surface area contributed by atoms with Gasteiger partial charge in [-0.2, -0.15) is 0 Å². The fraction of sp³-hybridized carbons (Fsp3) is 0.308. The minimum absolute atomic E-state index is 0.102. The minimum Gasteiger partial charge on any atom is -0.478 e. The molecule has 0 aromatic heterocycles. The van der Waals surface area contributed by atoms with Gasteiger partial charge in [0.25, 0.3) is 0 Å². The lowest BCUT2D eigenvalue weighted by Crippen LogP contribution is -2.33. The van der Waals surface area contributed by atoms with Gasteiger partial charge in [-0.1, -0.05) is 11.6 Å². The van der Waals surface area contributed by atoms with Crippen molar-refractivity contribution in [3.63, 3.8) is 0 Å². The molecule has 1 aliphatic rings. The topological polar surface area (TPSA) is 43.8 Å². The van der Waals surface area contributed by atoms with E-state index < -0.39 is 5.97 Å². The van der Waals surface area contributed by atoms with Crippen LogP contribution in [-0.4, -0.2) is 21.2 Å². The van der Waals surface area contributed by atoms with Crippen LogP contribution in [0.3, 0.4) is 0 Å². The molecule has 0 bridgehead atoms. The van der Waals surface area contributed by atoms with E-state index >= 15 is 0 Å². The van der Waals surface area contributed by atoms with Gasteiger partial charge >= 0.3 is 5.97 Å². The number of hydrogen-bond acceptors (Lipinski definition) is 3. The van der Waals surface area contributed by atoms with E-state index in [1.165, 1.54) is 5.57 Å². The van der Waals surface area contributed by atoms with E-state index in [1.54, 1.807) is 18.2 Å². The number of carboxylic acids is 1. The van der Waals surface area contributed by atoms with Gasteiger partial charge in [-0.3, -0.25) is 5.01 Å². The van der Waals surface area contributed by atoms with Crippen molar-refractivity contribution in [2.75, 3.05) is 5.01 Å². The smallest absolute Gasteiger partial charge is 0.337 e. The highest BCUT2D eigenvalue weighted by molar-refractivity contribution is 9.07. The van der Waals surface area contributed by atoms with Gasteiger partial charge in [-0.25, -0.2) is 4.79 Å². The molecule has 2 rings (SSSR count). The molecule has 0 amide bonds. The predicted molar refractivity (Wildman–Crippen MR) is 79.5 cm³/mol. The average Bonchev–Trinajstić information content (AvgIpc) is 2.55. The lowest BCUT2D eigenvalue weighted by Gasteiger charge is -2.28. The Balaban J connectivity index is 2.49. The first kappa shape index (κ1) is 14.4. The first-order valence-corrected chi connectivity index (χ1v) is 6.88. The normalized spacial score (nSPS) is 20.3. The number of hydrazine groups is 1. The Bertz CT molecular complexity index is 574. The molecule has 4 nitrogen and oxygen atoms in total. The maximum atomic E-state index is 11.1. The van der Waals surface area contributed by atoms with Gasteiger partial charge in [-0.15, -0.1) is 4.03 Å². The number of halogens is 2. The van der Waals surface area contributed by atoms with E-state index in [4.69, 9.17) is 16.7 Å². The average molecular weight is 346 g/mol. The summed E-state index contributed by atoms with van der Waals surface area (Å²) >= 11 is 9.40. The highest BCUT2D eigenvalue weighted by Gasteiger charge is 2.31. The molecule has 1 aromatic carbocycles.